The van der Waals surface area contributed by atoms with Crippen molar-refractivity contribution in [3.8, 4) is 22.7 Å². The van der Waals surface area contributed by atoms with E-state index < -0.39 is 43.0 Å². The molecule has 0 amide bonds. The number of para-hydroxylation sites is 12. The number of rotatable bonds is 9. The predicted octanol–water partition coefficient (Wildman–Crippen LogP) is 19.5. The van der Waals surface area contributed by atoms with Crippen molar-refractivity contribution in [2.24, 2.45) is 10.8 Å². The highest BCUT2D eigenvalue weighted by atomic mass is 19.4. The lowest BCUT2D eigenvalue weighted by atomic mass is 9.85. The maximum absolute atomic E-state index is 14.0. The van der Waals surface area contributed by atoms with Gasteiger partial charge in [-0.25, -0.2) is 19.9 Å². The standard InChI is InChI=1S/C39H31F3N6.C39H34N6/c1-24-11-8-19-32-34(24)43-36-45(28-15-4-6-17-30(28)47(32)36)26-13-10-14-27(23-26)46-29-16-5-7-18-31(29)48-33-20-9-12-25(35(33)44-37(46)48)21-22-38(2,3)39(40,41)42;1-25-12-9-20-33-35(25)40-37-42(29-16-5-7-18-31(29)44(33)37)27-14-11-15-28(24-27)43-30-17-6-8-19-32(30)45-34-21-10-13-26(22-23-39(2,3)4)36(34)41-38(43)45/h4-20,23H,21-22H2,1-3H3;5-21,24H,22-23H2,1-4H3/i22D2;2D3,23D2. The van der Waals surface area contributed by atoms with Gasteiger partial charge in [0.2, 0.25) is 23.1 Å². The monoisotopic (exact) mass is 1230 g/mol. The summed E-state index contributed by atoms with van der Waals surface area (Å²) in [5.74, 6) is 2.89. The molecule has 0 N–H and O–H groups in total. The molecule has 8 heterocycles. The first kappa shape index (κ1) is 48.9. The summed E-state index contributed by atoms with van der Waals surface area (Å²) in [7, 11) is 0. The fourth-order valence-corrected chi connectivity index (χ4v) is 13.7. The van der Waals surface area contributed by atoms with E-state index in [0.717, 1.165) is 131 Å². The van der Waals surface area contributed by atoms with Crippen LogP contribution in [0.1, 0.15) is 79.1 Å². The van der Waals surface area contributed by atoms with Crippen molar-refractivity contribution in [1.29, 1.82) is 0 Å². The number of aromatic nitrogens is 12. The Labute approximate surface area is 542 Å². The van der Waals surface area contributed by atoms with E-state index in [-0.39, 0.29) is 6.42 Å². The lowest BCUT2D eigenvalue weighted by Gasteiger charge is -2.27. The van der Waals surface area contributed by atoms with Crippen LogP contribution in [0.5, 0.6) is 0 Å². The number of alkyl halides is 3. The molecule has 0 aliphatic heterocycles. The normalized spacial score (nSPS) is 14.4. The summed E-state index contributed by atoms with van der Waals surface area (Å²) in [6.45, 7) is 6.47. The van der Waals surface area contributed by atoms with E-state index in [4.69, 9.17) is 29.5 Å². The molecule has 15 heteroatoms. The Morgan fingerprint density at radius 3 is 0.957 bits per heavy atom. The molecule has 0 aliphatic rings. The average Bonchev–Trinajstić information content (AvgIpc) is 1.59. The Hall–Kier alpha value is -10.9. The second-order valence-electron chi connectivity index (χ2n) is 25.2. The number of fused-ring (bicyclic) bond motifs is 20. The smallest absolute Gasteiger partial charge is 0.278 e. The molecule has 18 aromatic rings. The van der Waals surface area contributed by atoms with Gasteiger partial charge in [0.15, 0.2) is 0 Å². The molecule has 93 heavy (non-hydrogen) atoms. The molecule has 0 aliphatic carbocycles. The summed E-state index contributed by atoms with van der Waals surface area (Å²) in [5.41, 5.74) is 17.3. The van der Waals surface area contributed by atoms with Crippen LogP contribution in [0.4, 0.5) is 13.2 Å². The van der Waals surface area contributed by atoms with Crippen LogP contribution in [0, 0.1) is 24.7 Å². The van der Waals surface area contributed by atoms with E-state index in [1.54, 1.807) is 12.1 Å². The Kier molecular flexibility index (Phi) is 10.8. The summed E-state index contributed by atoms with van der Waals surface area (Å²) in [4.78, 5) is 20.5. The van der Waals surface area contributed by atoms with Gasteiger partial charge < -0.3 is 0 Å². The molecule has 0 bridgehead atoms. The van der Waals surface area contributed by atoms with Crippen LogP contribution in [0.15, 0.2) is 218 Å². The zero-order chi connectivity index (χ0) is 69.5. The fraction of sp³-hybridized carbons (Fsp3) is 0.179. The highest BCUT2D eigenvalue weighted by Gasteiger charge is 2.46. The Balaban J connectivity index is 0.000000150. The number of aryl methyl sites for hydroxylation is 4. The molecule has 0 atom stereocenters. The molecule has 0 spiro atoms. The topological polar surface area (TPSA) is 88.9 Å². The van der Waals surface area contributed by atoms with Crippen LogP contribution in [0.3, 0.4) is 0 Å². The average molecular weight is 1230 g/mol. The molecule has 458 valence electrons. The third kappa shape index (κ3) is 8.65. The number of nitrogens with zero attached hydrogens (tertiary/aromatic N) is 12. The van der Waals surface area contributed by atoms with Gasteiger partial charge in [-0.15, -0.1) is 0 Å². The number of imidazole rings is 8. The lowest BCUT2D eigenvalue weighted by Crippen LogP contribution is -2.32. The third-order valence-corrected chi connectivity index (χ3v) is 18.3. The number of hydrogen-bond acceptors (Lipinski definition) is 4. The fourth-order valence-electron chi connectivity index (χ4n) is 13.7. The minimum absolute atomic E-state index is 0.0852. The van der Waals surface area contributed by atoms with Crippen molar-refractivity contribution < 1.29 is 22.8 Å². The van der Waals surface area contributed by atoms with Crippen LogP contribution in [-0.2, 0) is 12.8 Å². The van der Waals surface area contributed by atoms with Gasteiger partial charge in [-0.3, -0.25) is 35.9 Å². The molecule has 10 aromatic carbocycles. The zero-order valence-electron chi connectivity index (χ0n) is 58.7. The van der Waals surface area contributed by atoms with Crippen molar-refractivity contribution in [1.82, 2.24) is 55.8 Å². The van der Waals surface area contributed by atoms with E-state index in [2.05, 4.69) is 150 Å². The SMILES string of the molecule is [2H]C([2H])(Cc1cccc2c1nc1n(-c3cccc(-n4c5ccccc5n5c6cccc(C)c6nc45)c3)c3ccccc3n21)C(C)(C)C(F)(F)F.[2H]C([2H])([2H])C(C)(C)C([2H])([2H])Cc1cccc2c1nc1n(-c3cccc(-n4c5ccccc5n5c6cccc(C)c6nc45)c3)c3ccccc3n21. The first-order chi connectivity index (χ1) is 47.7. The van der Waals surface area contributed by atoms with Gasteiger partial charge in [-0.2, -0.15) is 13.2 Å². The van der Waals surface area contributed by atoms with Crippen molar-refractivity contribution >= 4 is 111 Å². The van der Waals surface area contributed by atoms with Crippen molar-refractivity contribution in [3.63, 3.8) is 0 Å². The maximum Gasteiger partial charge on any atom is 0.393 e. The van der Waals surface area contributed by atoms with Gasteiger partial charge in [-0.1, -0.05) is 144 Å². The summed E-state index contributed by atoms with van der Waals surface area (Å²) in [6, 6.07) is 72.7. The number of benzene rings is 10. The van der Waals surface area contributed by atoms with E-state index in [1.165, 1.54) is 13.8 Å². The predicted molar refractivity (Wildman–Crippen MR) is 371 cm³/mol. The van der Waals surface area contributed by atoms with Crippen LogP contribution in [-0.4, -0.2) is 62.0 Å². The quantitative estimate of drug-likeness (QED) is 0.144. The van der Waals surface area contributed by atoms with E-state index >= 15 is 0 Å². The zero-order valence-corrected chi connectivity index (χ0v) is 51.7. The van der Waals surface area contributed by atoms with Gasteiger partial charge >= 0.3 is 6.18 Å². The third-order valence-electron chi connectivity index (χ3n) is 18.3. The molecule has 8 aromatic heterocycles. The summed E-state index contributed by atoms with van der Waals surface area (Å²) in [5, 5.41) is 0. The van der Waals surface area contributed by atoms with Crippen molar-refractivity contribution in [3.05, 3.63) is 241 Å². The molecular formula is C78H65F3N12. The van der Waals surface area contributed by atoms with Gasteiger partial charge in [0.1, 0.15) is 0 Å². The highest BCUT2D eigenvalue weighted by molar-refractivity contribution is 5.98. The first-order valence-corrected chi connectivity index (χ1v) is 31.1. The largest absolute Gasteiger partial charge is 0.393 e. The molecule has 18 rings (SSSR count). The number of halogens is 3. The van der Waals surface area contributed by atoms with Crippen molar-refractivity contribution in [2.75, 3.05) is 0 Å². The minimum atomic E-state index is -4.72. The van der Waals surface area contributed by atoms with Crippen LogP contribution < -0.4 is 0 Å². The van der Waals surface area contributed by atoms with Crippen molar-refractivity contribution in [2.45, 2.75) is 80.2 Å². The van der Waals surface area contributed by atoms with Gasteiger partial charge in [-0.05, 0) is 176 Å². The second kappa shape index (κ2) is 20.5. The highest BCUT2D eigenvalue weighted by Crippen LogP contribution is 2.43. The number of hydrogen-bond donors (Lipinski definition) is 0. The first-order valence-electron chi connectivity index (χ1n) is 34.6. The Morgan fingerprint density at radius 2 is 0.624 bits per heavy atom. The van der Waals surface area contributed by atoms with E-state index in [1.807, 2.05) is 106 Å². The summed E-state index contributed by atoms with van der Waals surface area (Å²) in [6.07, 6.45) is -9.86. The van der Waals surface area contributed by atoms with Crippen LogP contribution >= 0.6 is 0 Å². The summed E-state index contributed by atoms with van der Waals surface area (Å²) < 4.78 is 118. The van der Waals surface area contributed by atoms with E-state index in [0.29, 0.717) is 39.2 Å². The summed E-state index contributed by atoms with van der Waals surface area (Å²) >= 11 is 0. The Morgan fingerprint density at radius 1 is 0.344 bits per heavy atom. The van der Waals surface area contributed by atoms with E-state index in [9.17, 15) is 13.2 Å². The second-order valence-corrected chi connectivity index (χ2v) is 25.2. The minimum Gasteiger partial charge on any atom is -0.278 e. The molecule has 0 fully saturated rings. The molecule has 0 unspecified atom stereocenters. The lowest BCUT2D eigenvalue weighted by molar-refractivity contribution is -0.213. The molecular weight excluding hydrogens is 1160 g/mol. The van der Waals surface area contributed by atoms with Crippen LogP contribution in [0.25, 0.3) is 134 Å². The maximum atomic E-state index is 14.0. The molecule has 0 saturated carbocycles. The molecule has 0 radical (unpaired) electrons. The van der Waals surface area contributed by atoms with Gasteiger partial charge in [0.25, 0.3) is 0 Å². The van der Waals surface area contributed by atoms with Gasteiger partial charge in [0.05, 0.1) is 116 Å². The molecule has 0 saturated heterocycles. The molecule has 12 nitrogen and oxygen atoms in total. The van der Waals surface area contributed by atoms with Gasteiger partial charge in [0, 0.05) is 9.60 Å². The van der Waals surface area contributed by atoms with Crippen LogP contribution in [0.2, 0.25) is 0 Å². The Bertz CT molecular complexity index is 6020.